The number of amides is 1. The minimum atomic E-state index is -0.0749. The minimum Gasteiger partial charge on any atom is -0.494 e. The SMILES string of the molecule is CCN(CC)CCCOc1ccc(N2C(=O)C(=Cc3ccsc3)SC2=S)cc1.Cl. The lowest BCUT2D eigenvalue weighted by molar-refractivity contribution is -0.113. The minimum absolute atomic E-state index is 0. The average molecular weight is 469 g/mol. The maximum absolute atomic E-state index is 12.8. The van der Waals surface area contributed by atoms with Crippen LogP contribution in [0.3, 0.4) is 0 Å². The number of thioether (sulfide) groups is 1. The first-order valence-electron chi connectivity index (χ1n) is 9.37. The van der Waals surface area contributed by atoms with Crippen LogP contribution in [0.4, 0.5) is 5.69 Å². The van der Waals surface area contributed by atoms with E-state index < -0.39 is 0 Å². The second-order valence-corrected chi connectivity index (χ2v) is 8.75. The first-order valence-corrected chi connectivity index (χ1v) is 11.5. The summed E-state index contributed by atoms with van der Waals surface area (Å²) in [5, 5.41) is 4.01. The molecule has 2 aromatic rings. The average Bonchev–Trinajstić information content (AvgIpc) is 3.31. The Morgan fingerprint density at radius 2 is 1.90 bits per heavy atom. The maximum Gasteiger partial charge on any atom is 0.270 e. The van der Waals surface area contributed by atoms with E-state index >= 15 is 0 Å². The fraction of sp³-hybridized carbons (Fsp3) is 0.333. The molecule has 29 heavy (non-hydrogen) atoms. The predicted molar refractivity (Wildman–Crippen MR) is 132 cm³/mol. The van der Waals surface area contributed by atoms with Crippen molar-refractivity contribution in [1.29, 1.82) is 0 Å². The fourth-order valence-electron chi connectivity index (χ4n) is 2.91. The number of hydrogen-bond acceptors (Lipinski definition) is 6. The molecule has 1 aliphatic rings. The van der Waals surface area contributed by atoms with E-state index in [1.807, 2.05) is 47.2 Å². The highest BCUT2D eigenvalue weighted by molar-refractivity contribution is 8.27. The van der Waals surface area contributed by atoms with E-state index in [0.29, 0.717) is 15.8 Å². The molecule has 0 atom stereocenters. The summed E-state index contributed by atoms with van der Waals surface area (Å²) >= 11 is 8.38. The highest BCUT2D eigenvalue weighted by atomic mass is 35.5. The van der Waals surface area contributed by atoms with Crippen molar-refractivity contribution < 1.29 is 9.53 Å². The third-order valence-electron chi connectivity index (χ3n) is 4.51. The molecule has 0 saturated carbocycles. The van der Waals surface area contributed by atoms with Gasteiger partial charge in [-0.15, -0.1) is 12.4 Å². The molecule has 3 rings (SSSR count). The van der Waals surface area contributed by atoms with Gasteiger partial charge in [0, 0.05) is 6.54 Å². The molecule has 0 bridgehead atoms. The van der Waals surface area contributed by atoms with Gasteiger partial charge in [0.1, 0.15) is 5.75 Å². The van der Waals surface area contributed by atoms with Crippen molar-refractivity contribution in [1.82, 2.24) is 4.90 Å². The zero-order valence-electron chi connectivity index (χ0n) is 16.5. The number of thiocarbonyl (C=S) groups is 1. The molecule has 0 aliphatic carbocycles. The number of halogens is 1. The van der Waals surface area contributed by atoms with Crippen LogP contribution < -0.4 is 9.64 Å². The van der Waals surface area contributed by atoms with Gasteiger partial charge in [-0.3, -0.25) is 9.69 Å². The molecule has 1 saturated heterocycles. The number of carbonyl (C=O) groups is 1. The Bertz CT molecular complexity index is 834. The summed E-state index contributed by atoms with van der Waals surface area (Å²) < 4.78 is 6.38. The van der Waals surface area contributed by atoms with Crippen molar-refractivity contribution in [3.8, 4) is 5.75 Å². The Labute approximate surface area is 192 Å². The Morgan fingerprint density at radius 1 is 1.17 bits per heavy atom. The van der Waals surface area contributed by atoms with Gasteiger partial charge in [-0.05, 0) is 72.2 Å². The van der Waals surface area contributed by atoms with Crippen LogP contribution in [0.1, 0.15) is 25.8 Å². The zero-order valence-corrected chi connectivity index (χ0v) is 19.8. The van der Waals surface area contributed by atoms with Crippen molar-refractivity contribution in [2.75, 3.05) is 31.1 Å². The molecule has 0 unspecified atom stereocenters. The summed E-state index contributed by atoms with van der Waals surface area (Å²) in [4.78, 5) is 17.4. The number of nitrogens with zero attached hydrogens (tertiary/aromatic N) is 2. The third kappa shape index (κ3) is 6.30. The first-order chi connectivity index (χ1) is 13.6. The summed E-state index contributed by atoms with van der Waals surface area (Å²) in [6, 6.07) is 9.56. The van der Waals surface area contributed by atoms with Crippen LogP contribution in [0.5, 0.6) is 5.75 Å². The van der Waals surface area contributed by atoms with Gasteiger partial charge in [-0.1, -0.05) is 37.8 Å². The fourth-order valence-corrected chi connectivity index (χ4v) is 4.83. The number of hydrogen-bond donors (Lipinski definition) is 0. The van der Waals surface area contributed by atoms with Gasteiger partial charge in [0.05, 0.1) is 17.2 Å². The summed E-state index contributed by atoms with van der Waals surface area (Å²) in [7, 11) is 0. The lowest BCUT2D eigenvalue weighted by atomic mass is 10.2. The van der Waals surface area contributed by atoms with Gasteiger partial charge in [0.2, 0.25) is 0 Å². The van der Waals surface area contributed by atoms with Crippen LogP contribution in [-0.2, 0) is 4.79 Å². The van der Waals surface area contributed by atoms with Crippen LogP contribution in [0.2, 0.25) is 0 Å². The van der Waals surface area contributed by atoms with Crippen LogP contribution in [0.25, 0.3) is 6.08 Å². The van der Waals surface area contributed by atoms with Gasteiger partial charge in [0.25, 0.3) is 5.91 Å². The second-order valence-electron chi connectivity index (χ2n) is 6.30. The monoisotopic (exact) mass is 468 g/mol. The summed E-state index contributed by atoms with van der Waals surface area (Å²) in [6.45, 7) is 8.20. The van der Waals surface area contributed by atoms with Crippen LogP contribution in [0, 0.1) is 0 Å². The lowest BCUT2D eigenvalue weighted by Gasteiger charge is -2.18. The lowest BCUT2D eigenvalue weighted by Crippen LogP contribution is -2.27. The van der Waals surface area contributed by atoms with Crippen LogP contribution in [0.15, 0.2) is 46.0 Å². The molecular formula is C21H25ClN2O2S3. The maximum atomic E-state index is 12.8. The Morgan fingerprint density at radius 3 is 2.52 bits per heavy atom. The zero-order chi connectivity index (χ0) is 19.9. The van der Waals surface area contributed by atoms with E-state index in [1.165, 1.54) is 11.8 Å². The summed E-state index contributed by atoms with van der Waals surface area (Å²) in [5.74, 6) is 0.733. The third-order valence-corrected chi connectivity index (χ3v) is 6.52. The Kier molecular flexibility index (Phi) is 9.65. The summed E-state index contributed by atoms with van der Waals surface area (Å²) in [5.41, 5.74) is 1.80. The number of anilines is 1. The summed E-state index contributed by atoms with van der Waals surface area (Å²) in [6.07, 6.45) is 2.88. The number of carbonyl (C=O) groups excluding carboxylic acids is 1. The highest BCUT2D eigenvalue weighted by Crippen LogP contribution is 2.36. The van der Waals surface area contributed by atoms with Crippen molar-refractivity contribution in [2.45, 2.75) is 20.3 Å². The van der Waals surface area contributed by atoms with Gasteiger partial charge in [-0.2, -0.15) is 11.3 Å². The van der Waals surface area contributed by atoms with E-state index in [-0.39, 0.29) is 18.3 Å². The highest BCUT2D eigenvalue weighted by Gasteiger charge is 2.33. The molecule has 0 radical (unpaired) electrons. The molecule has 1 fully saturated rings. The van der Waals surface area contributed by atoms with Gasteiger partial charge < -0.3 is 9.64 Å². The van der Waals surface area contributed by atoms with Crippen molar-refractivity contribution in [2.24, 2.45) is 0 Å². The molecule has 0 N–H and O–H groups in total. The molecule has 1 aromatic heterocycles. The predicted octanol–water partition coefficient (Wildman–Crippen LogP) is 5.69. The standard InChI is InChI=1S/C21H24N2O2S3.ClH/c1-3-22(4-2)11-5-12-25-18-8-6-17(7-9-18)23-20(24)19(28-21(23)26)14-16-10-13-27-15-16;/h6-10,13-15H,3-5,11-12H2,1-2H3;1H. The van der Waals surface area contributed by atoms with E-state index in [1.54, 1.807) is 16.2 Å². The molecular weight excluding hydrogens is 444 g/mol. The molecule has 1 aromatic carbocycles. The molecule has 4 nitrogen and oxygen atoms in total. The van der Waals surface area contributed by atoms with Crippen LogP contribution in [-0.4, -0.2) is 41.4 Å². The Balaban J connectivity index is 0.00000300. The molecule has 1 amide bonds. The normalized spacial score (nSPS) is 15.3. The first kappa shape index (κ1) is 23.9. The molecule has 0 spiro atoms. The van der Waals surface area contributed by atoms with E-state index in [9.17, 15) is 4.79 Å². The number of thiophene rings is 1. The largest absolute Gasteiger partial charge is 0.494 e. The smallest absolute Gasteiger partial charge is 0.270 e. The molecule has 2 heterocycles. The van der Waals surface area contributed by atoms with Gasteiger partial charge in [-0.25, -0.2) is 0 Å². The van der Waals surface area contributed by atoms with E-state index in [2.05, 4.69) is 18.7 Å². The van der Waals surface area contributed by atoms with Gasteiger partial charge >= 0.3 is 0 Å². The number of ether oxygens (including phenoxy) is 1. The Hall–Kier alpha value is -1.38. The number of benzene rings is 1. The molecule has 1 aliphatic heterocycles. The number of rotatable bonds is 9. The van der Waals surface area contributed by atoms with Crippen LogP contribution >= 0.6 is 47.7 Å². The van der Waals surface area contributed by atoms with E-state index in [0.717, 1.165) is 43.1 Å². The van der Waals surface area contributed by atoms with Crippen molar-refractivity contribution in [3.05, 3.63) is 51.6 Å². The topological polar surface area (TPSA) is 32.8 Å². The van der Waals surface area contributed by atoms with Gasteiger partial charge in [0.15, 0.2) is 4.32 Å². The molecule has 156 valence electrons. The van der Waals surface area contributed by atoms with Crippen molar-refractivity contribution in [3.63, 3.8) is 0 Å². The quantitative estimate of drug-likeness (QED) is 0.268. The van der Waals surface area contributed by atoms with E-state index in [4.69, 9.17) is 17.0 Å². The van der Waals surface area contributed by atoms with Crippen molar-refractivity contribution >= 4 is 69.7 Å². The molecule has 8 heteroatoms. The second kappa shape index (κ2) is 11.7.